The number of hydrogen-bond donors (Lipinski definition) is 0. The van der Waals surface area contributed by atoms with Crippen molar-refractivity contribution in [1.82, 2.24) is 0 Å². The quantitative estimate of drug-likeness (QED) is 0.641. The SMILES string of the molecule is Cc1c(Cl)cc(Br)cc1Cl. The molecule has 0 saturated carbocycles. The number of hydrogen-bond acceptors (Lipinski definition) is 0. The van der Waals surface area contributed by atoms with Crippen LogP contribution in [0.1, 0.15) is 5.56 Å². The van der Waals surface area contributed by atoms with Crippen LogP contribution < -0.4 is 0 Å². The molecule has 0 amide bonds. The zero-order chi connectivity index (χ0) is 7.72. The second-order valence-electron chi connectivity index (χ2n) is 1.99. The molecule has 0 aliphatic heterocycles. The summed E-state index contributed by atoms with van der Waals surface area (Å²) in [5.41, 5.74) is 0.923. The van der Waals surface area contributed by atoms with Gasteiger partial charge in [-0.3, -0.25) is 0 Å². The summed E-state index contributed by atoms with van der Waals surface area (Å²) in [5.74, 6) is 0. The molecule has 0 N–H and O–H groups in total. The van der Waals surface area contributed by atoms with Crippen LogP contribution in [-0.2, 0) is 0 Å². The van der Waals surface area contributed by atoms with Gasteiger partial charge in [0.1, 0.15) is 0 Å². The van der Waals surface area contributed by atoms with E-state index in [0.29, 0.717) is 10.0 Å². The van der Waals surface area contributed by atoms with Crippen LogP contribution in [0.25, 0.3) is 0 Å². The van der Waals surface area contributed by atoms with E-state index in [4.69, 9.17) is 23.2 Å². The van der Waals surface area contributed by atoms with Gasteiger partial charge in [0.2, 0.25) is 0 Å². The van der Waals surface area contributed by atoms with Crippen LogP contribution in [0, 0.1) is 6.92 Å². The molecule has 0 saturated heterocycles. The normalized spacial score (nSPS) is 10.0. The first-order valence-corrected chi connectivity index (χ1v) is 4.27. The molecule has 0 heterocycles. The third kappa shape index (κ3) is 1.66. The maximum atomic E-state index is 5.80. The van der Waals surface area contributed by atoms with Crippen molar-refractivity contribution < 1.29 is 0 Å². The van der Waals surface area contributed by atoms with Crippen molar-refractivity contribution in [1.29, 1.82) is 0 Å². The largest absolute Gasteiger partial charge is 0.0840 e. The third-order valence-corrected chi connectivity index (χ3v) is 2.49. The lowest BCUT2D eigenvalue weighted by Gasteiger charge is -2.00. The zero-order valence-electron chi connectivity index (χ0n) is 5.29. The van der Waals surface area contributed by atoms with Crippen LogP contribution >= 0.6 is 39.1 Å². The van der Waals surface area contributed by atoms with E-state index in [-0.39, 0.29) is 0 Å². The van der Waals surface area contributed by atoms with Gasteiger partial charge < -0.3 is 0 Å². The highest BCUT2D eigenvalue weighted by Gasteiger charge is 2.00. The Morgan fingerprint density at radius 1 is 1.20 bits per heavy atom. The molecular weight excluding hydrogens is 235 g/mol. The highest BCUT2D eigenvalue weighted by atomic mass is 79.9. The maximum absolute atomic E-state index is 5.80. The van der Waals surface area contributed by atoms with Gasteiger partial charge in [-0.05, 0) is 24.6 Å². The summed E-state index contributed by atoms with van der Waals surface area (Å²) in [4.78, 5) is 0. The van der Waals surface area contributed by atoms with Crippen molar-refractivity contribution in [3.05, 3.63) is 32.2 Å². The Morgan fingerprint density at radius 2 is 1.60 bits per heavy atom. The Kier molecular flexibility index (Phi) is 2.61. The van der Waals surface area contributed by atoms with E-state index >= 15 is 0 Å². The molecule has 0 atom stereocenters. The summed E-state index contributed by atoms with van der Waals surface area (Å²) in [5, 5.41) is 1.39. The molecule has 0 fully saturated rings. The average Bonchev–Trinajstić information content (AvgIpc) is 1.82. The molecule has 54 valence electrons. The minimum absolute atomic E-state index is 0.694. The van der Waals surface area contributed by atoms with E-state index in [9.17, 15) is 0 Å². The van der Waals surface area contributed by atoms with Crippen LogP contribution in [0.5, 0.6) is 0 Å². The molecular formula is C7H5BrCl2. The van der Waals surface area contributed by atoms with Gasteiger partial charge >= 0.3 is 0 Å². The van der Waals surface area contributed by atoms with E-state index in [2.05, 4.69) is 15.9 Å². The lowest BCUT2D eigenvalue weighted by atomic mass is 10.2. The second kappa shape index (κ2) is 3.12. The smallest absolute Gasteiger partial charge is 0.0461 e. The lowest BCUT2D eigenvalue weighted by molar-refractivity contribution is 1.46. The first-order chi connectivity index (χ1) is 4.61. The Labute approximate surface area is 78.3 Å². The van der Waals surface area contributed by atoms with Crippen LogP contribution in [0.3, 0.4) is 0 Å². The summed E-state index contributed by atoms with van der Waals surface area (Å²) >= 11 is 14.9. The predicted molar refractivity (Wildman–Crippen MR) is 48.9 cm³/mol. The first-order valence-electron chi connectivity index (χ1n) is 2.72. The Balaban J connectivity index is 3.31. The highest BCUT2D eigenvalue weighted by Crippen LogP contribution is 2.27. The van der Waals surface area contributed by atoms with Gasteiger partial charge in [0.05, 0.1) is 0 Å². The summed E-state index contributed by atoms with van der Waals surface area (Å²) in [6.07, 6.45) is 0. The molecule has 0 radical (unpaired) electrons. The molecule has 10 heavy (non-hydrogen) atoms. The van der Waals surface area contributed by atoms with Gasteiger partial charge in [-0.1, -0.05) is 39.1 Å². The molecule has 1 aromatic carbocycles. The Morgan fingerprint density at radius 3 is 2.00 bits per heavy atom. The van der Waals surface area contributed by atoms with Gasteiger partial charge in [-0.15, -0.1) is 0 Å². The summed E-state index contributed by atoms with van der Waals surface area (Å²) < 4.78 is 0.910. The standard InChI is InChI=1S/C7H5BrCl2/c1-4-6(9)2-5(8)3-7(4)10/h2-3H,1H3. The van der Waals surface area contributed by atoms with Crippen molar-refractivity contribution >= 4 is 39.1 Å². The van der Waals surface area contributed by atoms with Gasteiger partial charge in [0.15, 0.2) is 0 Å². The molecule has 0 aliphatic rings. The highest BCUT2D eigenvalue weighted by molar-refractivity contribution is 9.10. The van der Waals surface area contributed by atoms with Crippen LogP contribution in [0.2, 0.25) is 10.0 Å². The van der Waals surface area contributed by atoms with Crippen molar-refractivity contribution in [2.45, 2.75) is 6.92 Å². The molecule has 1 aromatic rings. The molecule has 0 aliphatic carbocycles. The molecule has 0 aromatic heterocycles. The second-order valence-corrected chi connectivity index (χ2v) is 3.72. The van der Waals surface area contributed by atoms with Crippen LogP contribution in [-0.4, -0.2) is 0 Å². The lowest BCUT2D eigenvalue weighted by Crippen LogP contribution is -1.76. The fraction of sp³-hybridized carbons (Fsp3) is 0.143. The molecule has 0 unspecified atom stereocenters. The molecule has 1 rings (SSSR count). The average molecular weight is 240 g/mol. The van der Waals surface area contributed by atoms with Gasteiger partial charge in [0, 0.05) is 14.5 Å². The topological polar surface area (TPSA) is 0 Å². The number of rotatable bonds is 0. The summed E-state index contributed by atoms with van der Waals surface area (Å²) in [7, 11) is 0. The van der Waals surface area contributed by atoms with Crippen molar-refractivity contribution in [3.63, 3.8) is 0 Å². The predicted octanol–water partition coefficient (Wildman–Crippen LogP) is 4.06. The van der Waals surface area contributed by atoms with Crippen LogP contribution in [0.15, 0.2) is 16.6 Å². The van der Waals surface area contributed by atoms with Crippen molar-refractivity contribution in [3.8, 4) is 0 Å². The monoisotopic (exact) mass is 238 g/mol. The number of halogens is 3. The Bertz CT molecular complexity index is 235. The van der Waals surface area contributed by atoms with E-state index in [0.717, 1.165) is 10.0 Å². The van der Waals surface area contributed by atoms with E-state index in [1.807, 2.05) is 19.1 Å². The number of benzene rings is 1. The third-order valence-electron chi connectivity index (χ3n) is 1.25. The zero-order valence-corrected chi connectivity index (χ0v) is 8.39. The molecule has 0 nitrogen and oxygen atoms in total. The van der Waals surface area contributed by atoms with Gasteiger partial charge in [-0.25, -0.2) is 0 Å². The Hall–Kier alpha value is 0.280. The minimum Gasteiger partial charge on any atom is -0.0840 e. The van der Waals surface area contributed by atoms with Crippen LogP contribution in [0.4, 0.5) is 0 Å². The maximum Gasteiger partial charge on any atom is 0.0461 e. The van der Waals surface area contributed by atoms with E-state index < -0.39 is 0 Å². The molecule has 3 heteroatoms. The fourth-order valence-corrected chi connectivity index (χ4v) is 1.82. The van der Waals surface area contributed by atoms with E-state index in [1.54, 1.807) is 0 Å². The first kappa shape index (κ1) is 8.38. The molecule has 0 bridgehead atoms. The minimum atomic E-state index is 0.694. The summed E-state index contributed by atoms with van der Waals surface area (Å²) in [6.45, 7) is 1.89. The van der Waals surface area contributed by atoms with Crippen molar-refractivity contribution in [2.24, 2.45) is 0 Å². The van der Waals surface area contributed by atoms with Gasteiger partial charge in [-0.2, -0.15) is 0 Å². The van der Waals surface area contributed by atoms with Crippen molar-refractivity contribution in [2.75, 3.05) is 0 Å². The van der Waals surface area contributed by atoms with E-state index in [1.165, 1.54) is 0 Å². The summed E-state index contributed by atoms with van der Waals surface area (Å²) in [6, 6.07) is 3.64. The fourth-order valence-electron chi connectivity index (χ4n) is 0.614. The van der Waals surface area contributed by atoms with Gasteiger partial charge in [0.25, 0.3) is 0 Å². The molecule has 0 spiro atoms.